The Balaban J connectivity index is 0. The van der Waals surface area contributed by atoms with Crippen LogP contribution >= 0.6 is 0 Å². The summed E-state index contributed by atoms with van der Waals surface area (Å²) < 4.78 is 9.67. The summed E-state index contributed by atoms with van der Waals surface area (Å²) in [6, 6.07) is 0. The van der Waals surface area contributed by atoms with Crippen LogP contribution in [0.4, 0.5) is 0 Å². The minimum absolute atomic E-state index is 0. The van der Waals surface area contributed by atoms with E-state index in [9.17, 15) is 0 Å². The van der Waals surface area contributed by atoms with Crippen LogP contribution in [0.25, 0.3) is 0 Å². The molecule has 0 aromatic heterocycles. The molecule has 0 saturated carbocycles. The molecule has 0 aromatic rings. The molecule has 0 amide bonds. The molecular formula is C10H14CuLiO2. The number of hydrogen-bond donors (Lipinski definition) is 0. The summed E-state index contributed by atoms with van der Waals surface area (Å²) in [6.07, 6.45) is 13.6. The maximum absolute atomic E-state index is 4.83. The molecular weight excluding hydrogens is 223 g/mol. The Hall–Kier alpha value is 0.197. The van der Waals surface area contributed by atoms with E-state index >= 15 is 0 Å². The van der Waals surface area contributed by atoms with Crippen molar-refractivity contribution < 1.29 is 45.4 Å². The Labute approximate surface area is 109 Å². The predicted octanol–water partition coefficient (Wildman–Crippen LogP) is -0.771. The largest absolute Gasteiger partial charge is 1.00 e. The fraction of sp³-hybridized carbons (Fsp3) is 0.600. The van der Waals surface area contributed by atoms with Gasteiger partial charge in [0.1, 0.15) is 0 Å². The van der Waals surface area contributed by atoms with E-state index in [-0.39, 0.29) is 35.9 Å². The molecule has 2 aliphatic heterocycles. The van der Waals surface area contributed by atoms with Gasteiger partial charge in [-0.15, -0.1) is 0 Å². The predicted molar refractivity (Wildman–Crippen MR) is 46.0 cm³/mol. The summed E-state index contributed by atoms with van der Waals surface area (Å²) in [5, 5.41) is 0. The van der Waals surface area contributed by atoms with E-state index < -0.39 is 0 Å². The number of allylic oxidation sites excluding steroid dienone is 2. The van der Waals surface area contributed by atoms with Crippen LogP contribution in [-0.4, -0.2) is 13.2 Å². The molecule has 0 spiro atoms. The Bertz CT molecular complexity index is 126. The number of hydrogen-bond acceptors (Lipinski definition) is 2. The minimum Gasteiger partial charge on any atom is -0.538 e. The second-order valence-electron chi connectivity index (χ2n) is 2.59. The summed E-state index contributed by atoms with van der Waals surface area (Å²) in [5.74, 6) is 0. The Morgan fingerprint density at radius 2 is 1.29 bits per heavy atom. The van der Waals surface area contributed by atoms with E-state index in [4.69, 9.17) is 9.47 Å². The first-order valence-corrected chi connectivity index (χ1v) is 4.33. The van der Waals surface area contributed by atoms with Crippen LogP contribution in [0.2, 0.25) is 0 Å². The van der Waals surface area contributed by atoms with Gasteiger partial charge in [0, 0.05) is 0 Å². The zero-order valence-electron chi connectivity index (χ0n) is 8.52. The summed E-state index contributed by atoms with van der Waals surface area (Å²) in [6.45, 7) is 1.76. The van der Waals surface area contributed by atoms with Gasteiger partial charge in [0.2, 0.25) is 0 Å². The van der Waals surface area contributed by atoms with Crippen molar-refractivity contribution >= 4 is 0 Å². The van der Waals surface area contributed by atoms with Crippen molar-refractivity contribution in [3.8, 4) is 0 Å². The van der Waals surface area contributed by atoms with Gasteiger partial charge in [0.15, 0.2) is 0 Å². The van der Waals surface area contributed by atoms with Crippen molar-refractivity contribution in [3.63, 3.8) is 0 Å². The summed E-state index contributed by atoms with van der Waals surface area (Å²) in [4.78, 5) is 0. The van der Waals surface area contributed by atoms with Crippen LogP contribution in [0, 0.1) is 12.2 Å². The fourth-order valence-corrected chi connectivity index (χ4v) is 0.869. The van der Waals surface area contributed by atoms with E-state index in [2.05, 4.69) is 12.2 Å². The third-order valence-corrected chi connectivity index (χ3v) is 1.50. The van der Waals surface area contributed by atoms with Crippen LogP contribution < -0.4 is 18.9 Å². The van der Waals surface area contributed by atoms with Crippen LogP contribution in [0.3, 0.4) is 0 Å². The molecule has 0 radical (unpaired) electrons. The molecule has 2 nitrogen and oxygen atoms in total. The maximum atomic E-state index is 4.83. The quantitative estimate of drug-likeness (QED) is 0.406. The van der Waals surface area contributed by atoms with Gasteiger partial charge in [0.25, 0.3) is 0 Å². The van der Waals surface area contributed by atoms with Gasteiger partial charge in [-0.2, -0.15) is 12.8 Å². The molecule has 0 bridgehead atoms. The second kappa shape index (κ2) is 13.2. The summed E-state index contributed by atoms with van der Waals surface area (Å²) >= 11 is 0. The molecule has 14 heavy (non-hydrogen) atoms. The zero-order valence-corrected chi connectivity index (χ0v) is 9.46. The summed E-state index contributed by atoms with van der Waals surface area (Å²) in [5.41, 5.74) is 0. The van der Waals surface area contributed by atoms with Crippen molar-refractivity contribution in [2.75, 3.05) is 13.2 Å². The molecule has 4 heteroatoms. The van der Waals surface area contributed by atoms with Gasteiger partial charge in [-0.25, -0.2) is 0 Å². The van der Waals surface area contributed by atoms with E-state index in [1.54, 1.807) is 12.5 Å². The molecule has 78 valence electrons. The zero-order chi connectivity index (χ0) is 8.49. The summed E-state index contributed by atoms with van der Waals surface area (Å²) in [7, 11) is 0. The van der Waals surface area contributed by atoms with Gasteiger partial charge in [0.05, 0.1) is 13.2 Å². The number of rotatable bonds is 0. The third kappa shape index (κ3) is 10.3. The molecule has 2 aliphatic rings. The van der Waals surface area contributed by atoms with Gasteiger partial charge in [-0.05, 0) is 12.8 Å². The standard InChI is InChI=1S/2C5H7O.Cu.Li/c2*1-2-4-6-5-3-1;;/h2*5H,1-2,4H2;;/q2*-1;2*+1. The SMILES string of the molecule is [C-]1=COCCC1.[C-]1=COCCC1.[Cu+].[Li+]. The maximum Gasteiger partial charge on any atom is 1.00 e. The minimum atomic E-state index is 0. The molecule has 0 aliphatic carbocycles. The smallest absolute Gasteiger partial charge is 0.538 e. The molecule has 0 saturated heterocycles. The molecule has 0 N–H and O–H groups in total. The van der Waals surface area contributed by atoms with E-state index in [1.165, 1.54) is 0 Å². The van der Waals surface area contributed by atoms with Crippen LogP contribution in [0.5, 0.6) is 0 Å². The average Bonchev–Trinajstić information content (AvgIpc) is 2.24. The van der Waals surface area contributed by atoms with Crippen molar-refractivity contribution in [1.29, 1.82) is 0 Å². The van der Waals surface area contributed by atoms with Crippen molar-refractivity contribution in [1.82, 2.24) is 0 Å². The molecule has 2 heterocycles. The normalized spacial score (nSPS) is 17.1. The number of ether oxygens (including phenoxy) is 2. The average molecular weight is 237 g/mol. The van der Waals surface area contributed by atoms with Crippen molar-refractivity contribution in [2.24, 2.45) is 0 Å². The monoisotopic (exact) mass is 236 g/mol. The van der Waals surface area contributed by atoms with Gasteiger partial charge in [-0.3, -0.25) is 0 Å². The molecule has 0 fully saturated rings. The molecule has 0 aromatic carbocycles. The van der Waals surface area contributed by atoms with Crippen LogP contribution in [-0.2, 0) is 26.5 Å². The first-order valence-electron chi connectivity index (χ1n) is 4.33. The van der Waals surface area contributed by atoms with E-state index in [1.807, 2.05) is 0 Å². The first-order chi connectivity index (χ1) is 6.00. The first kappa shape index (κ1) is 16.6. The fourth-order valence-electron chi connectivity index (χ4n) is 0.869. The molecule has 0 atom stereocenters. The van der Waals surface area contributed by atoms with Gasteiger partial charge < -0.3 is 21.6 Å². The second-order valence-corrected chi connectivity index (χ2v) is 2.59. The topological polar surface area (TPSA) is 18.5 Å². The molecule has 2 rings (SSSR count). The molecule has 0 unspecified atom stereocenters. The van der Waals surface area contributed by atoms with Gasteiger partial charge >= 0.3 is 35.9 Å². The van der Waals surface area contributed by atoms with Crippen molar-refractivity contribution in [3.05, 3.63) is 24.7 Å². The van der Waals surface area contributed by atoms with Crippen LogP contribution in [0.15, 0.2) is 12.5 Å². The van der Waals surface area contributed by atoms with Crippen LogP contribution in [0.1, 0.15) is 25.7 Å². The Kier molecular flexibility index (Phi) is 15.7. The van der Waals surface area contributed by atoms with E-state index in [0.717, 1.165) is 38.9 Å². The Morgan fingerprint density at radius 3 is 1.36 bits per heavy atom. The van der Waals surface area contributed by atoms with Crippen molar-refractivity contribution in [2.45, 2.75) is 25.7 Å². The van der Waals surface area contributed by atoms with E-state index in [0.29, 0.717) is 0 Å². The Morgan fingerprint density at radius 1 is 0.857 bits per heavy atom. The van der Waals surface area contributed by atoms with Gasteiger partial charge in [-0.1, -0.05) is 12.5 Å². The third-order valence-electron chi connectivity index (χ3n) is 1.50.